The highest BCUT2D eigenvalue weighted by Crippen LogP contribution is 2.42. The average molecular weight is 286 g/mol. The molecule has 1 unspecified atom stereocenters. The lowest BCUT2D eigenvalue weighted by molar-refractivity contribution is 0.316. The zero-order valence-electron chi connectivity index (χ0n) is 13.7. The average Bonchev–Trinajstić information content (AvgIpc) is 3.33. The maximum atomic E-state index is 3.87. The number of hydrogen-bond donors (Lipinski definition) is 1. The molecule has 0 bridgehead atoms. The summed E-state index contributed by atoms with van der Waals surface area (Å²) in [6, 6.07) is 8.97. The van der Waals surface area contributed by atoms with Crippen LogP contribution in [0.2, 0.25) is 0 Å². The first kappa shape index (κ1) is 14.9. The van der Waals surface area contributed by atoms with E-state index in [1.54, 1.807) is 0 Å². The molecular weight excluding hydrogens is 256 g/mol. The Morgan fingerprint density at radius 3 is 2.76 bits per heavy atom. The molecule has 1 N–H and O–H groups in total. The van der Waals surface area contributed by atoms with Gasteiger partial charge in [-0.15, -0.1) is 0 Å². The lowest BCUT2D eigenvalue weighted by Gasteiger charge is -2.35. The summed E-state index contributed by atoms with van der Waals surface area (Å²) in [5.74, 6) is 0.880. The number of rotatable bonds is 6. The first-order valence-electron chi connectivity index (χ1n) is 8.81. The second-order valence-corrected chi connectivity index (χ2v) is 7.16. The maximum Gasteiger partial charge on any atom is 0.0412 e. The van der Waals surface area contributed by atoms with Gasteiger partial charge in [-0.3, -0.25) is 0 Å². The summed E-state index contributed by atoms with van der Waals surface area (Å²) in [7, 11) is 0. The van der Waals surface area contributed by atoms with E-state index in [2.05, 4.69) is 48.3 Å². The minimum absolute atomic E-state index is 0.295. The molecule has 1 aliphatic heterocycles. The minimum atomic E-state index is 0.295. The van der Waals surface area contributed by atoms with Gasteiger partial charge in [-0.2, -0.15) is 0 Å². The molecule has 0 radical (unpaired) electrons. The van der Waals surface area contributed by atoms with Gasteiger partial charge in [0.25, 0.3) is 0 Å². The molecule has 0 aromatic heterocycles. The van der Waals surface area contributed by atoms with Crippen LogP contribution in [-0.2, 0) is 6.54 Å². The van der Waals surface area contributed by atoms with Crippen LogP contribution in [0, 0.1) is 5.92 Å². The monoisotopic (exact) mass is 286 g/mol. The smallest absolute Gasteiger partial charge is 0.0412 e. The fourth-order valence-corrected chi connectivity index (χ4v) is 3.73. The van der Waals surface area contributed by atoms with Crippen LogP contribution in [0.3, 0.4) is 0 Å². The van der Waals surface area contributed by atoms with Gasteiger partial charge in [-0.05, 0) is 43.7 Å². The molecule has 1 atom stereocenters. The third-order valence-corrected chi connectivity index (χ3v) is 5.29. The molecule has 116 valence electrons. The number of anilines is 1. The number of nitrogens with zero attached hydrogens (tertiary/aromatic N) is 1. The molecule has 2 aliphatic rings. The van der Waals surface area contributed by atoms with E-state index in [0.717, 1.165) is 12.5 Å². The molecule has 0 spiro atoms. The fraction of sp³-hybridized carbons (Fsp3) is 0.684. The number of para-hydroxylation sites is 1. The first-order valence-corrected chi connectivity index (χ1v) is 8.81. The van der Waals surface area contributed by atoms with Crippen molar-refractivity contribution in [2.24, 2.45) is 5.92 Å². The SMILES string of the molecule is CCCCCCN1CC(C)(C2CC2)NCc2ccccc21. The Morgan fingerprint density at radius 2 is 2.00 bits per heavy atom. The Morgan fingerprint density at radius 1 is 1.19 bits per heavy atom. The van der Waals surface area contributed by atoms with E-state index in [4.69, 9.17) is 0 Å². The minimum Gasteiger partial charge on any atom is -0.369 e. The van der Waals surface area contributed by atoms with Crippen molar-refractivity contribution in [2.45, 2.75) is 64.5 Å². The highest BCUT2D eigenvalue weighted by atomic mass is 15.2. The first-order chi connectivity index (χ1) is 10.2. The molecule has 1 aromatic rings. The highest BCUT2D eigenvalue weighted by molar-refractivity contribution is 5.55. The van der Waals surface area contributed by atoms with Gasteiger partial charge in [0.15, 0.2) is 0 Å². The van der Waals surface area contributed by atoms with Crippen LogP contribution >= 0.6 is 0 Å². The maximum absolute atomic E-state index is 3.87. The lowest BCUT2D eigenvalue weighted by atomic mass is 9.95. The molecular formula is C19H30N2. The van der Waals surface area contributed by atoms with Crippen LogP contribution in [0.1, 0.15) is 57.9 Å². The summed E-state index contributed by atoms with van der Waals surface area (Å²) < 4.78 is 0. The van der Waals surface area contributed by atoms with Crippen LogP contribution in [0.5, 0.6) is 0 Å². The predicted molar refractivity (Wildman–Crippen MR) is 90.8 cm³/mol. The largest absolute Gasteiger partial charge is 0.369 e. The van der Waals surface area contributed by atoms with Crippen molar-refractivity contribution >= 4 is 5.69 Å². The summed E-state index contributed by atoms with van der Waals surface area (Å²) in [6.45, 7) is 8.13. The summed E-state index contributed by atoms with van der Waals surface area (Å²) >= 11 is 0. The molecule has 1 heterocycles. The summed E-state index contributed by atoms with van der Waals surface area (Å²) in [4.78, 5) is 2.66. The van der Waals surface area contributed by atoms with Crippen molar-refractivity contribution in [2.75, 3.05) is 18.0 Å². The van der Waals surface area contributed by atoms with Gasteiger partial charge in [-0.25, -0.2) is 0 Å². The molecule has 1 fully saturated rings. The molecule has 0 saturated heterocycles. The number of benzene rings is 1. The highest BCUT2D eigenvalue weighted by Gasteiger charge is 2.43. The molecule has 2 nitrogen and oxygen atoms in total. The van der Waals surface area contributed by atoms with Crippen LogP contribution in [0.4, 0.5) is 5.69 Å². The standard InChI is InChI=1S/C19H30N2/c1-3-4-5-8-13-21-15-19(2,17-11-12-17)20-14-16-9-6-7-10-18(16)21/h6-7,9-10,17,20H,3-5,8,11-15H2,1-2H3. The van der Waals surface area contributed by atoms with Crippen LogP contribution in [-0.4, -0.2) is 18.6 Å². The lowest BCUT2D eigenvalue weighted by Crippen LogP contribution is -2.51. The van der Waals surface area contributed by atoms with E-state index >= 15 is 0 Å². The Hall–Kier alpha value is -1.02. The van der Waals surface area contributed by atoms with E-state index in [1.165, 1.54) is 62.9 Å². The van der Waals surface area contributed by atoms with Gasteiger partial charge < -0.3 is 10.2 Å². The van der Waals surface area contributed by atoms with E-state index in [1.807, 2.05) is 0 Å². The topological polar surface area (TPSA) is 15.3 Å². The van der Waals surface area contributed by atoms with Gasteiger partial charge in [0.2, 0.25) is 0 Å². The predicted octanol–water partition coefficient (Wildman–Crippen LogP) is 4.35. The normalized spacial score (nSPS) is 25.5. The van der Waals surface area contributed by atoms with Crippen molar-refractivity contribution in [1.29, 1.82) is 0 Å². The van der Waals surface area contributed by atoms with Crippen molar-refractivity contribution in [3.8, 4) is 0 Å². The number of unbranched alkanes of at least 4 members (excludes halogenated alkanes) is 3. The van der Waals surface area contributed by atoms with E-state index in [9.17, 15) is 0 Å². The molecule has 1 aromatic carbocycles. The van der Waals surface area contributed by atoms with Gasteiger partial charge >= 0.3 is 0 Å². The Kier molecular flexibility index (Phi) is 4.54. The molecule has 3 rings (SSSR count). The van der Waals surface area contributed by atoms with E-state index < -0.39 is 0 Å². The second-order valence-electron chi connectivity index (χ2n) is 7.16. The summed E-state index contributed by atoms with van der Waals surface area (Å²) in [6.07, 6.45) is 8.18. The Balaban J connectivity index is 1.75. The van der Waals surface area contributed by atoms with E-state index in [0.29, 0.717) is 5.54 Å². The van der Waals surface area contributed by atoms with Gasteiger partial charge in [-0.1, -0.05) is 44.4 Å². The molecule has 2 heteroatoms. The number of hydrogen-bond acceptors (Lipinski definition) is 2. The summed E-state index contributed by atoms with van der Waals surface area (Å²) in [5, 5.41) is 3.87. The van der Waals surface area contributed by atoms with Crippen molar-refractivity contribution in [3.05, 3.63) is 29.8 Å². The zero-order chi connectivity index (χ0) is 14.7. The molecule has 21 heavy (non-hydrogen) atoms. The number of nitrogens with one attached hydrogen (secondary N) is 1. The molecule has 1 saturated carbocycles. The quantitative estimate of drug-likeness (QED) is 0.782. The summed E-state index contributed by atoms with van der Waals surface area (Å²) in [5.41, 5.74) is 3.23. The van der Waals surface area contributed by atoms with Gasteiger partial charge in [0, 0.05) is 30.9 Å². The zero-order valence-corrected chi connectivity index (χ0v) is 13.7. The van der Waals surface area contributed by atoms with E-state index in [-0.39, 0.29) is 0 Å². The van der Waals surface area contributed by atoms with Crippen LogP contribution in [0.15, 0.2) is 24.3 Å². The van der Waals surface area contributed by atoms with Crippen LogP contribution < -0.4 is 10.2 Å². The second kappa shape index (κ2) is 6.39. The van der Waals surface area contributed by atoms with Crippen molar-refractivity contribution in [1.82, 2.24) is 5.32 Å². The fourth-order valence-electron chi connectivity index (χ4n) is 3.73. The third kappa shape index (κ3) is 3.42. The third-order valence-electron chi connectivity index (χ3n) is 5.29. The van der Waals surface area contributed by atoms with Gasteiger partial charge in [0.1, 0.15) is 0 Å². The molecule has 1 aliphatic carbocycles. The molecule has 0 amide bonds. The van der Waals surface area contributed by atoms with Crippen LogP contribution in [0.25, 0.3) is 0 Å². The Bertz CT molecular complexity index is 466. The van der Waals surface area contributed by atoms with Gasteiger partial charge in [0.05, 0.1) is 0 Å². The van der Waals surface area contributed by atoms with Crippen molar-refractivity contribution in [3.63, 3.8) is 0 Å². The Labute approximate surface area is 129 Å². The van der Waals surface area contributed by atoms with Crippen molar-refractivity contribution < 1.29 is 0 Å². The number of fused-ring (bicyclic) bond motifs is 1.